The van der Waals surface area contributed by atoms with E-state index in [1.54, 1.807) is 0 Å². The van der Waals surface area contributed by atoms with Crippen molar-refractivity contribution in [2.45, 2.75) is 64.8 Å². The van der Waals surface area contributed by atoms with E-state index in [0.717, 1.165) is 51.5 Å². The van der Waals surface area contributed by atoms with E-state index >= 15 is 0 Å². The molecule has 2 amide bonds. The predicted octanol–water partition coefficient (Wildman–Crippen LogP) is 1.99. The molecule has 1 heterocycles. The number of carbonyl (C=O) groups is 2. The third-order valence-corrected chi connectivity index (χ3v) is 3.62. The van der Waals surface area contributed by atoms with Crippen LogP contribution in [0.2, 0.25) is 0 Å². The molecule has 0 spiro atoms. The Bertz CT molecular complexity index is 279. The van der Waals surface area contributed by atoms with Gasteiger partial charge in [0.05, 0.1) is 0 Å². The molecule has 0 unspecified atom stereocenters. The summed E-state index contributed by atoms with van der Waals surface area (Å²) in [6.45, 7) is 4.90. The Morgan fingerprint density at radius 3 is 2.89 bits per heavy atom. The number of unbranched alkanes of at least 4 members (excludes halogenated alkanes) is 1. The summed E-state index contributed by atoms with van der Waals surface area (Å²) in [6, 6.07) is -0.323. The molecule has 4 nitrogen and oxygen atoms in total. The lowest BCUT2D eigenvalue weighted by atomic mass is 9.97. The molecular formula is C14H26N2O2. The second-order valence-electron chi connectivity index (χ2n) is 5.10. The van der Waals surface area contributed by atoms with Gasteiger partial charge in [-0.3, -0.25) is 9.59 Å². The van der Waals surface area contributed by atoms with Gasteiger partial charge >= 0.3 is 0 Å². The van der Waals surface area contributed by atoms with Gasteiger partial charge in [-0.25, -0.2) is 0 Å². The summed E-state index contributed by atoms with van der Waals surface area (Å²) >= 11 is 0. The zero-order valence-electron chi connectivity index (χ0n) is 11.6. The van der Waals surface area contributed by atoms with E-state index in [4.69, 9.17) is 0 Å². The fraction of sp³-hybridized carbons (Fsp3) is 0.857. The van der Waals surface area contributed by atoms with Gasteiger partial charge in [0.15, 0.2) is 0 Å². The normalized spacial score (nSPS) is 21.9. The Balaban J connectivity index is 2.47. The minimum Gasteiger partial charge on any atom is -0.354 e. The zero-order chi connectivity index (χ0) is 13.4. The maximum atomic E-state index is 12.1. The van der Waals surface area contributed by atoms with Crippen molar-refractivity contribution >= 4 is 11.8 Å². The standard InChI is InChI=1S/C14H26N2O2/c1-3-5-8-11(4-2)13(17)16-12-9-6-7-10-15-14(12)18/h11-12H,3-10H2,1-2H3,(H,15,18)(H,16,17)/t11-,12+/m1/s1. The quantitative estimate of drug-likeness (QED) is 0.761. The van der Waals surface area contributed by atoms with Gasteiger partial charge in [-0.05, 0) is 32.1 Å². The average molecular weight is 254 g/mol. The highest BCUT2D eigenvalue weighted by atomic mass is 16.2. The molecule has 0 aromatic carbocycles. The van der Waals surface area contributed by atoms with Crippen LogP contribution in [0, 0.1) is 5.92 Å². The molecular weight excluding hydrogens is 228 g/mol. The van der Waals surface area contributed by atoms with Crippen LogP contribution >= 0.6 is 0 Å². The minimum absolute atomic E-state index is 0.0220. The molecule has 0 aliphatic carbocycles. The number of carbonyl (C=O) groups excluding carboxylic acids is 2. The van der Waals surface area contributed by atoms with E-state index < -0.39 is 0 Å². The third-order valence-electron chi connectivity index (χ3n) is 3.62. The van der Waals surface area contributed by atoms with Crippen molar-refractivity contribution in [3.05, 3.63) is 0 Å². The molecule has 104 valence electrons. The van der Waals surface area contributed by atoms with Crippen LogP contribution in [0.3, 0.4) is 0 Å². The van der Waals surface area contributed by atoms with Crippen LogP contribution in [-0.2, 0) is 9.59 Å². The van der Waals surface area contributed by atoms with Crippen molar-refractivity contribution in [2.75, 3.05) is 6.54 Å². The number of amides is 2. The number of rotatable bonds is 6. The van der Waals surface area contributed by atoms with Gasteiger partial charge in [0.1, 0.15) is 6.04 Å². The van der Waals surface area contributed by atoms with Crippen molar-refractivity contribution < 1.29 is 9.59 Å². The number of nitrogens with one attached hydrogen (secondary N) is 2. The van der Waals surface area contributed by atoms with Crippen molar-refractivity contribution in [1.82, 2.24) is 10.6 Å². The molecule has 1 rings (SSSR count). The Kier molecular flexibility index (Phi) is 6.76. The van der Waals surface area contributed by atoms with Crippen LogP contribution in [0.4, 0.5) is 0 Å². The molecule has 2 N–H and O–H groups in total. The predicted molar refractivity (Wildman–Crippen MR) is 72.1 cm³/mol. The molecule has 4 heteroatoms. The van der Waals surface area contributed by atoms with Gasteiger partial charge in [-0.2, -0.15) is 0 Å². The van der Waals surface area contributed by atoms with Gasteiger partial charge < -0.3 is 10.6 Å². The summed E-state index contributed by atoms with van der Waals surface area (Å²) in [5, 5.41) is 5.76. The Labute approximate surface area is 110 Å². The first kappa shape index (κ1) is 15.0. The Morgan fingerprint density at radius 2 is 2.22 bits per heavy atom. The van der Waals surface area contributed by atoms with E-state index in [9.17, 15) is 9.59 Å². The van der Waals surface area contributed by atoms with Crippen molar-refractivity contribution in [2.24, 2.45) is 5.92 Å². The monoisotopic (exact) mass is 254 g/mol. The van der Waals surface area contributed by atoms with Crippen LogP contribution in [-0.4, -0.2) is 24.4 Å². The molecule has 0 saturated carbocycles. The summed E-state index contributed by atoms with van der Waals surface area (Å²) in [6.07, 6.45) is 6.71. The molecule has 1 aliphatic heterocycles. The van der Waals surface area contributed by atoms with Gasteiger partial charge in [0.2, 0.25) is 11.8 Å². The highest BCUT2D eigenvalue weighted by Gasteiger charge is 2.25. The highest BCUT2D eigenvalue weighted by molar-refractivity contribution is 5.88. The second-order valence-corrected chi connectivity index (χ2v) is 5.10. The summed E-state index contributed by atoms with van der Waals surface area (Å²) < 4.78 is 0. The van der Waals surface area contributed by atoms with E-state index in [2.05, 4.69) is 17.6 Å². The lowest BCUT2D eigenvalue weighted by Gasteiger charge is -2.20. The molecule has 0 bridgehead atoms. The molecule has 0 aromatic rings. The lowest BCUT2D eigenvalue weighted by molar-refractivity contribution is -0.131. The number of hydrogen-bond donors (Lipinski definition) is 2. The molecule has 2 atom stereocenters. The summed E-state index contributed by atoms with van der Waals surface area (Å²) in [7, 11) is 0. The van der Waals surface area contributed by atoms with Gasteiger partial charge in [-0.15, -0.1) is 0 Å². The molecule has 0 aromatic heterocycles. The van der Waals surface area contributed by atoms with Crippen molar-refractivity contribution in [3.63, 3.8) is 0 Å². The summed E-state index contributed by atoms with van der Waals surface area (Å²) in [5.74, 6) is 0.0835. The fourth-order valence-electron chi connectivity index (χ4n) is 2.34. The SMILES string of the molecule is CCCC[C@@H](CC)C(=O)N[C@H]1CCCCNC1=O. The molecule has 1 saturated heterocycles. The van der Waals surface area contributed by atoms with Crippen LogP contribution in [0.25, 0.3) is 0 Å². The zero-order valence-corrected chi connectivity index (χ0v) is 11.6. The minimum atomic E-state index is -0.323. The maximum Gasteiger partial charge on any atom is 0.242 e. The van der Waals surface area contributed by atoms with E-state index in [0.29, 0.717) is 0 Å². The fourth-order valence-corrected chi connectivity index (χ4v) is 2.34. The Morgan fingerprint density at radius 1 is 1.44 bits per heavy atom. The third kappa shape index (κ3) is 4.67. The molecule has 1 fully saturated rings. The average Bonchev–Trinajstić information content (AvgIpc) is 2.56. The Hall–Kier alpha value is -1.06. The van der Waals surface area contributed by atoms with Crippen LogP contribution in [0.5, 0.6) is 0 Å². The van der Waals surface area contributed by atoms with E-state index in [-0.39, 0.29) is 23.8 Å². The van der Waals surface area contributed by atoms with Crippen molar-refractivity contribution in [1.29, 1.82) is 0 Å². The van der Waals surface area contributed by atoms with Crippen LogP contribution < -0.4 is 10.6 Å². The first-order valence-electron chi connectivity index (χ1n) is 7.27. The van der Waals surface area contributed by atoms with Gasteiger partial charge in [-0.1, -0.05) is 26.7 Å². The van der Waals surface area contributed by atoms with Gasteiger partial charge in [0.25, 0.3) is 0 Å². The molecule has 0 radical (unpaired) electrons. The van der Waals surface area contributed by atoms with Crippen molar-refractivity contribution in [3.8, 4) is 0 Å². The molecule has 18 heavy (non-hydrogen) atoms. The summed E-state index contributed by atoms with van der Waals surface area (Å²) in [5.41, 5.74) is 0. The van der Waals surface area contributed by atoms with Crippen LogP contribution in [0.15, 0.2) is 0 Å². The maximum absolute atomic E-state index is 12.1. The number of hydrogen-bond acceptors (Lipinski definition) is 2. The highest BCUT2D eigenvalue weighted by Crippen LogP contribution is 2.14. The smallest absolute Gasteiger partial charge is 0.242 e. The van der Waals surface area contributed by atoms with Gasteiger partial charge in [0, 0.05) is 12.5 Å². The topological polar surface area (TPSA) is 58.2 Å². The lowest BCUT2D eigenvalue weighted by Crippen LogP contribution is -2.47. The second kappa shape index (κ2) is 8.11. The first-order chi connectivity index (χ1) is 8.69. The summed E-state index contributed by atoms with van der Waals surface area (Å²) in [4.78, 5) is 23.9. The van der Waals surface area contributed by atoms with E-state index in [1.807, 2.05) is 6.92 Å². The van der Waals surface area contributed by atoms with E-state index in [1.165, 1.54) is 0 Å². The first-order valence-corrected chi connectivity index (χ1v) is 7.27. The molecule has 1 aliphatic rings. The van der Waals surface area contributed by atoms with Crippen LogP contribution in [0.1, 0.15) is 58.8 Å². The largest absolute Gasteiger partial charge is 0.354 e.